The molecule has 7 heteroatoms. The zero-order valence-corrected chi connectivity index (χ0v) is 17.4. The van der Waals surface area contributed by atoms with Crippen LogP contribution in [0.15, 0.2) is 69.9 Å². The highest BCUT2D eigenvalue weighted by atomic mass is 32.2. The van der Waals surface area contributed by atoms with Gasteiger partial charge in [-0.25, -0.2) is 17.5 Å². The number of benzene rings is 2. The van der Waals surface area contributed by atoms with Gasteiger partial charge < -0.3 is 0 Å². The van der Waals surface area contributed by atoms with Gasteiger partial charge in [-0.3, -0.25) is 4.79 Å². The Kier molecular flexibility index (Phi) is 5.53. The van der Waals surface area contributed by atoms with E-state index >= 15 is 0 Å². The molecule has 0 saturated carbocycles. The Morgan fingerprint density at radius 2 is 1.48 bits per heavy atom. The van der Waals surface area contributed by atoms with E-state index in [4.69, 9.17) is 0 Å². The Morgan fingerprint density at radius 1 is 0.931 bits per heavy atom. The Bertz CT molecular complexity index is 1250. The second kappa shape index (κ2) is 7.75. The minimum atomic E-state index is -3.33. The van der Waals surface area contributed by atoms with Crippen LogP contribution in [0.25, 0.3) is 28.1 Å². The van der Waals surface area contributed by atoms with Crippen LogP contribution in [0.5, 0.6) is 0 Å². The summed E-state index contributed by atoms with van der Waals surface area (Å²) in [5, 5.41) is 4.55. The first-order chi connectivity index (χ1) is 13.6. The minimum absolute atomic E-state index is 0.186. The molecule has 3 rings (SSSR count). The van der Waals surface area contributed by atoms with Gasteiger partial charge in [-0.1, -0.05) is 17.7 Å². The van der Waals surface area contributed by atoms with E-state index in [2.05, 4.69) is 5.10 Å². The van der Waals surface area contributed by atoms with Crippen molar-refractivity contribution in [3.8, 4) is 22.4 Å². The van der Waals surface area contributed by atoms with E-state index in [1.807, 2.05) is 13.8 Å². The second-order valence-corrected chi connectivity index (χ2v) is 9.06. The summed E-state index contributed by atoms with van der Waals surface area (Å²) in [6, 6.07) is 13.6. The van der Waals surface area contributed by atoms with Crippen molar-refractivity contribution in [2.24, 2.45) is 0 Å². The van der Waals surface area contributed by atoms with E-state index in [1.165, 1.54) is 35.0 Å². The molecule has 3 aromatic rings. The topological polar surface area (TPSA) is 69.0 Å². The number of nitrogens with zero attached hydrogens (tertiary/aromatic N) is 2. The molecule has 1 aromatic heterocycles. The van der Waals surface area contributed by atoms with Gasteiger partial charge in [0.05, 0.1) is 10.6 Å². The van der Waals surface area contributed by atoms with Crippen LogP contribution < -0.4 is 5.56 Å². The number of rotatable bonds is 4. The van der Waals surface area contributed by atoms with E-state index < -0.39 is 9.84 Å². The highest BCUT2D eigenvalue weighted by Gasteiger charge is 2.15. The fourth-order valence-corrected chi connectivity index (χ4v) is 3.46. The summed E-state index contributed by atoms with van der Waals surface area (Å²) in [7, 11) is -3.33. The number of aromatic nitrogens is 2. The standard InChI is InChI=1S/C22H21FN2O3S/c1-14(2)15(3)25-21(26)13-20(16-7-11-19(12-8-16)29(4,27)28)22(24-25)17-5-9-18(23)10-6-17/h5-13H,1-4H3. The number of hydrogen-bond acceptors (Lipinski definition) is 4. The quantitative estimate of drug-likeness (QED) is 0.637. The monoisotopic (exact) mass is 412 g/mol. The summed E-state index contributed by atoms with van der Waals surface area (Å²) >= 11 is 0. The first-order valence-corrected chi connectivity index (χ1v) is 10.8. The van der Waals surface area contributed by atoms with Crippen LogP contribution in [-0.4, -0.2) is 24.5 Å². The van der Waals surface area contributed by atoms with Crippen molar-refractivity contribution in [2.75, 3.05) is 6.26 Å². The summed E-state index contributed by atoms with van der Waals surface area (Å²) in [6.07, 6.45) is 1.14. The zero-order valence-electron chi connectivity index (χ0n) is 16.6. The lowest BCUT2D eigenvalue weighted by Crippen LogP contribution is -2.22. The predicted molar refractivity (Wildman–Crippen MR) is 113 cm³/mol. The third-order valence-electron chi connectivity index (χ3n) is 4.68. The molecule has 150 valence electrons. The van der Waals surface area contributed by atoms with Gasteiger partial charge in [0.25, 0.3) is 5.56 Å². The maximum Gasteiger partial charge on any atom is 0.271 e. The molecular weight excluding hydrogens is 391 g/mol. The van der Waals surface area contributed by atoms with Crippen LogP contribution in [-0.2, 0) is 9.84 Å². The molecule has 0 bridgehead atoms. The molecular formula is C22H21FN2O3S. The predicted octanol–water partition coefficient (Wildman–Crippen LogP) is 4.39. The molecule has 0 saturated heterocycles. The van der Waals surface area contributed by atoms with Crippen LogP contribution in [0.3, 0.4) is 0 Å². The molecule has 0 aliphatic rings. The summed E-state index contributed by atoms with van der Waals surface area (Å²) in [4.78, 5) is 12.9. The molecule has 0 atom stereocenters. The third-order valence-corrected chi connectivity index (χ3v) is 5.81. The average Bonchev–Trinajstić information content (AvgIpc) is 2.67. The van der Waals surface area contributed by atoms with Gasteiger partial charge in [-0.15, -0.1) is 0 Å². The van der Waals surface area contributed by atoms with Gasteiger partial charge in [0.1, 0.15) is 5.82 Å². The lowest BCUT2D eigenvalue weighted by molar-refractivity contribution is 0.602. The van der Waals surface area contributed by atoms with Crippen LogP contribution in [0.2, 0.25) is 0 Å². The van der Waals surface area contributed by atoms with Crippen LogP contribution >= 0.6 is 0 Å². The van der Waals surface area contributed by atoms with Gasteiger partial charge in [0.15, 0.2) is 9.84 Å². The highest BCUT2D eigenvalue weighted by Crippen LogP contribution is 2.30. The normalized spacial score (nSPS) is 11.3. The first-order valence-electron chi connectivity index (χ1n) is 8.93. The number of hydrogen-bond donors (Lipinski definition) is 0. The van der Waals surface area contributed by atoms with Crippen molar-refractivity contribution in [3.63, 3.8) is 0 Å². The molecule has 0 aliphatic heterocycles. The van der Waals surface area contributed by atoms with Gasteiger partial charge in [0.2, 0.25) is 0 Å². The van der Waals surface area contributed by atoms with E-state index in [0.717, 1.165) is 11.8 Å². The van der Waals surface area contributed by atoms with Crippen molar-refractivity contribution >= 4 is 15.5 Å². The summed E-state index contributed by atoms with van der Waals surface area (Å²) in [5.74, 6) is -0.374. The van der Waals surface area contributed by atoms with Crippen LogP contribution in [0.4, 0.5) is 4.39 Å². The molecule has 2 aromatic carbocycles. The third kappa shape index (κ3) is 4.35. The Morgan fingerprint density at radius 3 is 2.00 bits per heavy atom. The Hall–Kier alpha value is -3.06. The first kappa shape index (κ1) is 20.7. The van der Waals surface area contributed by atoms with E-state index in [9.17, 15) is 17.6 Å². The van der Waals surface area contributed by atoms with Gasteiger partial charge in [0, 0.05) is 29.1 Å². The van der Waals surface area contributed by atoms with Gasteiger partial charge in [-0.2, -0.15) is 5.10 Å². The molecule has 0 aliphatic carbocycles. The molecule has 0 spiro atoms. The maximum absolute atomic E-state index is 13.4. The Labute approximate surface area is 169 Å². The maximum atomic E-state index is 13.4. The van der Waals surface area contributed by atoms with E-state index in [1.54, 1.807) is 31.2 Å². The molecule has 0 N–H and O–H groups in total. The smallest absolute Gasteiger partial charge is 0.267 e. The molecule has 0 amide bonds. The van der Waals surface area contributed by atoms with E-state index in [-0.39, 0.29) is 16.3 Å². The summed E-state index contributed by atoms with van der Waals surface area (Å²) < 4.78 is 38.2. The average molecular weight is 412 g/mol. The molecule has 29 heavy (non-hydrogen) atoms. The number of allylic oxidation sites excluding steroid dienone is 2. The lowest BCUT2D eigenvalue weighted by atomic mass is 10.00. The van der Waals surface area contributed by atoms with Crippen LogP contribution in [0, 0.1) is 5.82 Å². The molecule has 1 heterocycles. The number of sulfone groups is 1. The fraction of sp³-hybridized carbons (Fsp3) is 0.182. The van der Waals surface area contributed by atoms with Crippen molar-refractivity contribution in [3.05, 3.63) is 76.3 Å². The van der Waals surface area contributed by atoms with Crippen LogP contribution in [0.1, 0.15) is 20.8 Å². The number of halogens is 1. The summed E-state index contributed by atoms with van der Waals surface area (Å²) in [5.41, 5.74) is 3.66. The van der Waals surface area contributed by atoms with E-state index in [0.29, 0.717) is 28.1 Å². The molecule has 0 radical (unpaired) electrons. The SMILES string of the molecule is CC(C)=C(C)n1nc(-c2ccc(F)cc2)c(-c2ccc(S(C)(=O)=O)cc2)cc1=O. The lowest BCUT2D eigenvalue weighted by Gasteiger charge is -2.14. The van der Waals surface area contributed by atoms with Gasteiger partial charge >= 0.3 is 0 Å². The largest absolute Gasteiger partial charge is 0.271 e. The van der Waals surface area contributed by atoms with Gasteiger partial charge in [-0.05, 0) is 62.7 Å². The molecule has 0 fully saturated rings. The molecule has 5 nitrogen and oxygen atoms in total. The second-order valence-electron chi connectivity index (χ2n) is 7.05. The fourth-order valence-electron chi connectivity index (χ4n) is 2.83. The van der Waals surface area contributed by atoms with Crippen molar-refractivity contribution < 1.29 is 12.8 Å². The van der Waals surface area contributed by atoms with Crippen molar-refractivity contribution in [1.29, 1.82) is 0 Å². The summed E-state index contributed by atoms with van der Waals surface area (Å²) in [6.45, 7) is 5.58. The molecule has 0 unspecified atom stereocenters. The van der Waals surface area contributed by atoms with Crippen molar-refractivity contribution in [1.82, 2.24) is 9.78 Å². The Balaban J connectivity index is 2.28. The zero-order chi connectivity index (χ0) is 21.3. The minimum Gasteiger partial charge on any atom is -0.267 e. The highest BCUT2D eigenvalue weighted by molar-refractivity contribution is 7.90. The van der Waals surface area contributed by atoms with Crippen molar-refractivity contribution in [2.45, 2.75) is 25.7 Å².